The summed E-state index contributed by atoms with van der Waals surface area (Å²) in [5.41, 5.74) is 8.72. The number of carbonyl (C=O) groups excluding carboxylic acids is 1. The molecular weight excluding hydrogens is 286 g/mol. The highest BCUT2D eigenvalue weighted by molar-refractivity contribution is 6.01. The molecule has 1 saturated carbocycles. The van der Waals surface area contributed by atoms with Crippen molar-refractivity contribution in [1.82, 2.24) is 10.3 Å². The van der Waals surface area contributed by atoms with Gasteiger partial charge in [-0.3, -0.25) is 4.79 Å². The van der Waals surface area contributed by atoms with Crippen molar-refractivity contribution in [2.75, 3.05) is 0 Å². The van der Waals surface area contributed by atoms with Crippen molar-refractivity contribution in [2.24, 2.45) is 5.73 Å². The number of hydrogen-bond donors (Lipinski definition) is 3. The highest BCUT2D eigenvalue weighted by Gasteiger charge is 2.25. The number of para-hydroxylation sites is 1. The topological polar surface area (TPSA) is 70.9 Å². The Morgan fingerprint density at radius 2 is 2.14 bits per heavy atom. The number of benzene rings is 1. The Labute approximate surface area is 130 Å². The molecule has 1 aromatic carbocycles. The fourth-order valence-corrected chi connectivity index (χ4v) is 3.17. The van der Waals surface area contributed by atoms with Crippen molar-refractivity contribution in [2.45, 2.75) is 44.7 Å². The molecule has 1 aliphatic carbocycles. The van der Waals surface area contributed by atoms with Gasteiger partial charge in [0, 0.05) is 23.0 Å². The Morgan fingerprint density at radius 1 is 1.38 bits per heavy atom. The summed E-state index contributed by atoms with van der Waals surface area (Å²) in [4.78, 5) is 15.7. The van der Waals surface area contributed by atoms with Crippen LogP contribution < -0.4 is 11.1 Å². The molecule has 0 aliphatic heterocycles. The molecule has 0 unspecified atom stereocenters. The smallest absolute Gasteiger partial charge is 0.268 e. The number of aromatic nitrogens is 1. The van der Waals surface area contributed by atoms with Crippen LogP contribution in [0.1, 0.15) is 42.2 Å². The van der Waals surface area contributed by atoms with Gasteiger partial charge in [0.15, 0.2) is 0 Å². The van der Waals surface area contributed by atoms with Crippen LogP contribution in [0.25, 0.3) is 10.9 Å². The van der Waals surface area contributed by atoms with E-state index in [0.29, 0.717) is 5.69 Å². The maximum absolute atomic E-state index is 12.5. The standard InChI is InChI=1S/C16H21N3O.ClH/c1-2-12-13-5-3-4-6-14(13)19-15(12)16(20)18-11-8-7-10(17)9-11;/h3-6,10-11,19H,2,7-9,17H2,1H3,(H,18,20);1H/t10-,11-;/m1./s1. The van der Waals surface area contributed by atoms with Crippen LogP contribution in [0.3, 0.4) is 0 Å². The number of rotatable bonds is 3. The quantitative estimate of drug-likeness (QED) is 0.816. The molecule has 21 heavy (non-hydrogen) atoms. The minimum atomic E-state index is -0.00264. The van der Waals surface area contributed by atoms with Crippen LogP contribution in [0.15, 0.2) is 24.3 Å². The predicted molar refractivity (Wildman–Crippen MR) is 88.0 cm³/mol. The van der Waals surface area contributed by atoms with Crippen molar-refractivity contribution in [3.05, 3.63) is 35.5 Å². The lowest BCUT2D eigenvalue weighted by Crippen LogP contribution is -2.34. The van der Waals surface area contributed by atoms with Gasteiger partial charge in [-0.1, -0.05) is 25.1 Å². The lowest BCUT2D eigenvalue weighted by atomic mass is 10.1. The van der Waals surface area contributed by atoms with E-state index in [0.717, 1.165) is 42.1 Å². The molecule has 1 heterocycles. The highest BCUT2D eigenvalue weighted by atomic mass is 35.5. The molecule has 1 aliphatic rings. The van der Waals surface area contributed by atoms with Gasteiger partial charge < -0.3 is 16.0 Å². The van der Waals surface area contributed by atoms with Crippen molar-refractivity contribution in [3.63, 3.8) is 0 Å². The Kier molecular flexibility index (Phi) is 4.91. The van der Waals surface area contributed by atoms with Gasteiger partial charge in [0.1, 0.15) is 5.69 Å². The third kappa shape index (κ3) is 3.06. The Balaban J connectivity index is 0.00000161. The van der Waals surface area contributed by atoms with E-state index in [1.165, 1.54) is 0 Å². The van der Waals surface area contributed by atoms with Gasteiger partial charge in [0.2, 0.25) is 0 Å². The zero-order valence-corrected chi connectivity index (χ0v) is 13.0. The zero-order chi connectivity index (χ0) is 14.1. The summed E-state index contributed by atoms with van der Waals surface area (Å²) in [6.45, 7) is 2.08. The molecule has 0 spiro atoms. The summed E-state index contributed by atoms with van der Waals surface area (Å²) in [7, 11) is 0. The lowest BCUT2D eigenvalue weighted by molar-refractivity contribution is 0.0932. The third-order valence-corrected chi connectivity index (χ3v) is 4.20. The summed E-state index contributed by atoms with van der Waals surface area (Å²) >= 11 is 0. The number of fused-ring (bicyclic) bond motifs is 1. The summed E-state index contributed by atoms with van der Waals surface area (Å²) in [5, 5.41) is 4.25. The Bertz CT molecular complexity index is 637. The number of H-pyrrole nitrogens is 1. The van der Waals surface area contributed by atoms with E-state index in [1.54, 1.807) is 0 Å². The minimum absolute atomic E-state index is 0. The molecule has 3 rings (SSSR count). The Hall–Kier alpha value is -1.52. The van der Waals surface area contributed by atoms with Crippen molar-refractivity contribution < 1.29 is 4.79 Å². The number of hydrogen-bond acceptors (Lipinski definition) is 2. The first kappa shape index (κ1) is 15.9. The van der Waals surface area contributed by atoms with Crippen LogP contribution in [0.2, 0.25) is 0 Å². The van der Waals surface area contributed by atoms with Crippen LogP contribution in [-0.4, -0.2) is 23.0 Å². The van der Waals surface area contributed by atoms with Gasteiger partial charge >= 0.3 is 0 Å². The first-order valence-electron chi connectivity index (χ1n) is 7.35. The van der Waals surface area contributed by atoms with E-state index in [-0.39, 0.29) is 30.4 Å². The van der Waals surface area contributed by atoms with Gasteiger partial charge in [-0.25, -0.2) is 0 Å². The van der Waals surface area contributed by atoms with E-state index >= 15 is 0 Å². The van der Waals surface area contributed by atoms with Gasteiger partial charge in [0.05, 0.1) is 0 Å². The van der Waals surface area contributed by atoms with Crippen LogP contribution in [0.5, 0.6) is 0 Å². The fourth-order valence-electron chi connectivity index (χ4n) is 3.17. The summed E-state index contributed by atoms with van der Waals surface area (Å²) < 4.78 is 0. The van der Waals surface area contributed by atoms with E-state index in [2.05, 4.69) is 23.3 Å². The number of aryl methyl sites for hydroxylation is 1. The lowest BCUT2D eigenvalue weighted by Gasteiger charge is -2.12. The average Bonchev–Trinajstić information content (AvgIpc) is 3.01. The predicted octanol–water partition coefficient (Wildman–Crippen LogP) is 2.76. The molecule has 4 N–H and O–H groups in total. The molecule has 5 heteroatoms. The van der Waals surface area contributed by atoms with Gasteiger partial charge in [-0.15, -0.1) is 12.4 Å². The number of aromatic amines is 1. The van der Waals surface area contributed by atoms with Gasteiger partial charge in [-0.2, -0.15) is 0 Å². The maximum atomic E-state index is 12.5. The number of nitrogens with one attached hydrogen (secondary N) is 2. The number of nitrogens with two attached hydrogens (primary N) is 1. The van der Waals surface area contributed by atoms with E-state index in [9.17, 15) is 4.79 Å². The number of amides is 1. The molecule has 2 atom stereocenters. The Morgan fingerprint density at radius 3 is 2.81 bits per heavy atom. The number of carbonyl (C=O) groups is 1. The molecule has 0 radical (unpaired) electrons. The van der Waals surface area contributed by atoms with Crippen LogP contribution in [0, 0.1) is 0 Å². The van der Waals surface area contributed by atoms with Crippen LogP contribution in [0.4, 0.5) is 0 Å². The second-order valence-corrected chi connectivity index (χ2v) is 5.62. The molecule has 0 bridgehead atoms. The molecular formula is C16H22ClN3O. The van der Waals surface area contributed by atoms with E-state index in [4.69, 9.17) is 5.73 Å². The molecule has 4 nitrogen and oxygen atoms in total. The maximum Gasteiger partial charge on any atom is 0.268 e. The summed E-state index contributed by atoms with van der Waals surface area (Å²) in [5.74, 6) is -0.00264. The summed E-state index contributed by atoms with van der Waals surface area (Å²) in [6, 6.07) is 8.51. The van der Waals surface area contributed by atoms with Gasteiger partial charge in [0.25, 0.3) is 5.91 Å². The zero-order valence-electron chi connectivity index (χ0n) is 12.2. The van der Waals surface area contributed by atoms with Crippen LogP contribution >= 0.6 is 12.4 Å². The van der Waals surface area contributed by atoms with Gasteiger partial charge in [-0.05, 0) is 37.3 Å². The first-order valence-corrected chi connectivity index (χ1v) is 7.35. The molecule has 1 aromatic heterocycles. The van der Waals surface area contributed by atoms with Crippen molar-refractivity contribution in [1.29, 1.82) is 0 Å². The van der Waals surface area contributed by atoms with E-state index < -0.39 is 0 Å². The fraction of sp³-hybridized carbons (Fsp3) is 0.438. The second kappa shape index (κ2) is 6.50. The van der Waals surface area contributed by atoms with Crippen LogP contribution in [-0.2, 0) is 6.42 Å². The second-order valence-electron chi connectivity index (χ2n) is 5.62. The highest BCUT2D eigenvalue weighted by Crippen LogP contribution is 2.24. The molecule has 1 fully saturated rings. The molecule has 2 aromatic rings. The minimum Gasteiger partial charge on any atom is -0.350 e. The van der Waals surface area contributed by atoms with E-state index in [1.807, 2.05) is 18.2 Å². The molecule has 0 saturated heterocycles. The van der Waals surface area contributed by atoms with Crippen molar-refractivity contribution >= 4 is 29.2 Å². The summed E-state index contributed by atoms with van der Waals surface area (Å²) in [6.07, 6.45) is 3.71. The first-order chi connectivity index (χ1) is 9.69. The average molecular weight is 308 g/mol. The SMILES string of the molecule is CCc1c(C(=O)N[C@@H]2CC[C@@H](N)C2)[nH]c2ccccc12.Cl. The molecule has 1 amide bonds. The monoisotopic (exact) mass is 307 g/mol. The largest absolute Gasteiger partial charge is 0.350 e. The molecule has 114 valence electrons. The third-order valence-electron chi connectivity index (χ3n) is 4.20. The number of halogens is 1. The normalized spacial score (nSPS) is 21.2. The van der Waals surface area contributed by atoms with Crippen molar-refractivity contribution in [3.8, 4) is 0 Å².